The Morgan fingerprint density at radius 3 is 2.62 bits per heavy atom. The largest absolute Gasteiger partial charge is 0.449 e. The first-order chi connectivity index (χ1) is 12.4. The smallest absolute Gasteiger partial charge is 0.420 e. The molecule has 7 heteroatoms. The summed E-state index contributed by atoms with van der Waals surface area (Å²) in [5, 5.41) is 3.86. The molecule has 26 heavy (non-hydrogen) atoms. The van der Waals surface area contributed by atoms with Gasteiger partial charge in [0.05, 0.1) is 17.7 Å². The van der Waals surface area contributed by atoms with Crippen LogP contribution in [0.5, 0.6) is 0 Å². The van der Waals surface area contributed by atoms with Gasteiger partial charge in [0.15, 0.2) is 0 Å². The van der Waals surface area contributed by atoms with Crippen molar-refractivity contribution < 1.29 is 22.7 Å². The molecule has 1 heterocycles. The van der Waals surface area contributed by atoms with E-state index in [0.717, 1.165) is 17.5 Å². The van der Waals surface area contributed by atoms with Crippen molar-refractivity contribution in [2.45, 2.75) is 19.6 Å². The van der Waals surface area contributed by atoms with Crippen LogP contribution in [0.1, 0.15) is 18.1 Å². The minimum atomic E-state index is -4.39. The van der Waals surface area contributed by atoms with Crippen LogP contribution in [-0.4, -0.2) is 17.3 Å². The molecule has 0 radical (unpaired) electrons. The molecule has 3 aromatic rings. The zero-order valence-corrected chi connectivity index (χ0v) is 14.0. The van der Waals surface area contributed by atoms with Crippen LogP contribution in [0.25, 0.3) is 10.9 Å². The van der Waals surface area contributed by atoms with E-state index in [0.29, 0.717) is 16.9 Å². The maximum Gasteiger partial charge on any atom is 0.420 e. The number of anilines is 1. The van der Waals surface area contributed by atoms with Gasteiger partial charge < -0.3 is 10.1 Å². The summed E-state index contributed by atoms with van der Waals surface area (Å²) in [4.78, 5) is 12.3. The van der Waals surface area contributed by atoms with Crippen molar-refractivity contribution in [3.05, 3.63) is 65.7 Å². The second kappa shape index (κ2) is 7.11. The molecule has 1 N–H and O–H groups in total. The maximum atomic E-state index is 12.8. The number of nitrogens with one attached hydrogen (secondary N) is 1. The molecular weight excluding hydrogens is 345 g/mol. The standard InChI is InChI=1S/C19H17F3N2O2/c1-2-26-18(25)24-16-9-4-3-7-14(16)11-17(24)23-12-13-6-5-8-15(10-13)19(20,21)22/h3-11,23H,2,12H2,1H3. The fourth-order valence-corrected chi connectivity index (χ4v) is 2.72. The minimum absolute atomic E-state index is 0.139. The molecule has 136 valence electrons. The number of carbonyl (C=O) groups is 1. The number of carbonyl (C=O) groups excluding carboxylic acids is 1. The molecule has 0 aliphatic rings. The SMILES string of the molecule is CCOC(=O)n1c(NCc2cccc(C(F)(F)F)c2)cc2ccccc21. The first kappa shape index (κ1) is 17.8. The van der Waals surface area contributed by atoms with E-state index in [1.807, 2.05) is 12.1 Å². The van der Waals surface area contributed by atoms with Crippen LogP contribution in [0.15, 0.2) is 54.6 Å². The second-order valence-electron chi connectivity index (χ2n) is 5.67. The van der Waals surface area contributed by atoms with Crippen molar-refractivity contribution in [2.75, 3.05) is 11.9 Å². The Morgan fingerprint density at radius 1 is 1.12 bits per heavy atom. The minimum Gasteiger partial charge on any atom is -0.449 e. The molecule has 0 spiro atoms. The molecule has 0 unspecified atom stereocenters. The lowest BCUT2D eigenvalue weighted by molar-refractivity contribution is -0.137. The molecule has 0 fully saturated rings. The molecule has 0 aliphatic heterocycles. The molecule has 1 aromatic heterocycles. The number of hydrogen-bond acceptors (Lipinski definition) is 3. The van der Waals surface area contributed by atoms with E-state index < -0.39 is 17.8 Å². The summed E-state index contributed by atoms with van der Waals surface area (Å²) in [5.41, 5.74) is 0.417. The molecule has 0 saturated heterocycles. The van der Waals surface area contributed by atoms with Gasteiger partial charge in [-0.25, -0.2) is 9.36 Å². The maximum absolute atomic E-state index is 12.8. The van der Waals surface area contributed by atoms with Crippen LogP contribution < -0.4 is 5.32 Å². The quantitative estimate of drug-likeness (QED) is 0.687. The van der Waals surface area contributed by atoms with Gasteiger partial charge in [-0.15, -0.1) is 0 Å². The summed E-state index contributed by atoms with van der Waals surface area (Å²) in [7, 11) is 0. The Kier molecular flexibility index (Phi) is 4.88. The van der Waals surface area contributed by atoms with Crippen molar-refractivity contribution in [1.82, 2.24) is 4.57 Å². The van der Waals surface area contributed by atoms with Crippen LogP contribution in [0.2, 0.25) is 0 Å². The van der Waals surface area contributed by atoms with E-state index in [2.05, 4.69) is 5.32 Å². The third-order valence-electron chi connectivity index (χ3n) is 3.89. The molecule has 4 nitrogen and oxygen atoms in total. The number of nitrogens with zero attached hydrogens (tertiary/aromatic N) is 1. The number of benzene rings is 2. The van der Waals surface area contributed by atoms with Crippen molar-refractivity contribution in [2.24, 2.45) is 0 Å². The lowest BCUT2D eigenvalue weighted by Crippen LogP contribution is -2.16. The Bertz CT molecular complexity index is 932. The lowest BCUT2D eigenvalue weighted by atomic mass is 10.1. The third-order valence-corrected chi connectivity index (χ3v) is 3.89. The highest BCUT2D eigenvalue weighted by Gasteiger charge is 2.30. The molecule has 0 atom stereocenters. The normalized spacial score (nSPS) is 11.5. The number of halogens is 3. The van der Waals surface area contributed by atoms with Gasteiger partial charge >= 0.3 is 12.3 Å². The number of hydrogen-bond donors (Lipinski definition) is 1. The zero-order chi connectivity index (χ0) is 18.7. The Hall–Kier alpha value is -2.96. The number of alkyl halides is 3. The summed E-state index contributed by atoms with van der Waals surface area (Å²) in [5.74, 6) is 0.460. The van der Waals surface area contributed by atoms with Crippen molar-refractivity contribution >= 4 is 22.8 Å². The van der Waals surface area contributed by atoms with Crippen LogP contribution >= 0.6 is 0 Å². The molecule has 0 bridgehead atoms. The van der Waals surface area contributed by atoms with Crippen molar-refractivity contribution in [3.8, 4) is 0 Å². The Morgan fingerprint density at radius 2 is 1.88 bits per heavy atom. The summed E-state index contributed by atoms with van der Waals surface area (Å²) in [6.45, 7) is 2.07. The monoisotopic (exact) mass is 362 g/mol. The van der Waals surface area contributed by atoms with Gasteiger partial charge in [0.25, 0.3) is 0 Å². The fraction of sp³-hybridized carbons (Fsp3) is 0.211. The fourth-order valence-electron chi connectivity index (χ4n) is 2.72. The van der Waals surface area contributed by atoms with Gasteiger partial charge in [0, 0.05) is 11.9 Å². The zero-order valence-electron chi connectivity index (χ0n) is 14.0. The summed E-state index contributed by atoms with van der Waals surface area (Å²) in [6.07, 6.45) is -4.93. The summed E-state index contributed by atoms with van der Waals surface area (Å²) >= 11 is 0. The van der Waals surface area contributed by atoms with Gasteiger partial charge in [0.1, 0.15) is 5.82 Å². The number of rotatable bonds is 4. The van der Waals surface area contributed by atoms with Gasteiger partial charge in [-0.3, -0.25) is 0 Å². The highest BCUT2D eigenvalue weighted by molar-refractivity contribution is 5.94. The number of fused-ring (bicyclic) bond motifs is 1. The van der Waals surface area contributed by atoms with Crippen LogP contribution in [-0.2, 0) is 17.5 Å². The van der Waals surface area contributed by atoms with E-state index in [-0.39, 0.29) is 13.2 Å². The predicted molar refractivity (Wildman–Crippen MR) is 93.1 cm³/mol. The van der Waals surface area contributed by atoms with E-state index >= 15 is 0 Å². The Balaban J connectivity index is 1.89. The summed E-state index contributed by atoms with van der Waals surface area (Å²) < 4.78 is 45.0. The average molecular weight is 362 g/mol. The van der Waals surface area contributed by atoms with Gasteiger partial charge in [-0.2, -0.15) is 13.2 Å². The number of ether oxygens (including phenoxy) is 1. The van der Waals surface area contributed by atoms with Crippen LogP contribution in [0, 0.1) is 0 Å². The lowest BCUT2D eigenvalue weighted by Gasteiger charge is -2.12. The second-order valence-corrected chi connectivity index (χ2v) is 5.67. The molecular formula is C19H17F3N2O2. The van der Waals surface area contributed by atoms with E-state index in [1.165, 1.54) is 10.6 Å². The first-order valence-electron chi connectivity index (χ1n) is 8.07. The third kappa shape index (κ3) is 3.66. The van der Waals surface area contributed by atoms with Gasteiger partial charge in [0.2, 0.25) is 0 Å². The topological polar surface area (TPSA) is 43.3 Å². The number of para-hydroxylation sites is 1. The van der Waals surface area contributed by atoms with Gasteiger partial charge in [-0.05, 0) is 36.8 Å². The Labute approximate surface area is 148 Å². The van der Waals surface area contributed by atoms with E-state index in [1.54, 1.807) is 31.2 Å². The van der Waals surface area contributed by atoms with Crippen molar-refractivity contribution in [3.63, 3.8) is 0 Å². The average Bonchev–Trinajstić information content (AvgIpc) is 2.98. The van der Waals surface area contributed by atoms with E-state index in [4.69, 9.17) is 4.74 Å². The first-order valence-corrected chi connectivity index (χ1v) is 8.07. The summed E-state index contributed by atoms with van der Waals surface area (Å²) in [6, 6.07) is 14.1. The van der Waals surface area contributed by atoms with Crippen LogP contribution in [0.4, 0.5) is 23.8 Å². The molecule has 0 aliphatic carbocycles. The molecule has 2 aromatic carbocycles. The van der Waals surface area contributed by atoms with E-state index in [9.17, 15) is 18.0 Å². The van der Waals surface area contributed by atoms with Gasteiger partial charge in [-0.1, -0.05) is 30.3 Å². The molecule has 0 saturated carbocycles. The molecule has 3 rings (SSSR count). The van der Waals surface area contributed by atoms with Crippen LogP contribution in [0.3, 0.4) is 0 Å². The number of aromatic nitrogens is 1. The highest BCUT2D eigenvalue weighted by Crippen LogP contribution is 2.30. The highest BCUT2D eigenvalue weighted by atomic mass is 19.4. The van der Waals surface area contributed by atoms with Crippen molar-refractivity contribution in [1.29, 1.82) is 0 Å². The predicted octanol–water partition coefficient (Wildman–Crippen LogP) is 5.28. The molecule has 0 amide bonds.